The molecule has 0 aromatic heterocycles. The SMILES string of the molecule is Cc1cccc(Cl)c1C(=O)NC(C)Cc1ccc(NC(=O)c2c(Cl)cccc2Cl)cc1.Cc1cccc(Cl)c1C(=O)NC(Cc1ccc(NC(=O)c2c(Cl)cccc2Cl)cc1)C(=O)[O-].[Na+]. The Morgan fingerprint density at radius 2 is 0.785 bits per heavy atom. The molecule has 10 nitrogen and oxygen atoms in total. The number of nitrogens with one attached hydrogen (secondary N) is 4. The molecule has 0 saturated carbocycles. The van der Waals surface area contributed by atoms with Crippen molar-refractivity contribution in [3.05, 3.63) is 196 Å². The van der Waals surface area contributed by atoms with Crippen molar-refractivity contribution >= 4 is 111 Å². The summed E-state index contributed by atoms with van der Waals surface area (Å²) in [5.74, 6) is -3.09. The average molecular weight is 1000 g/mol. The van der Waals surface area contributed by atoms with E-state index in [4.69, 9.17) is 69.6 Å². The molecule has 6 aromatic rings. The first-order chi connectivity index (χ1) is 30.4. The van der Waals surface area contributed by atoms with Crippen molar-refractivity contribution in [2.24, 2.45) is 0 Å². The van der Waals surface area contributed by atoms with Gasteiger partial charge in [0.25, 0.3) is 23.6 Å². The zero-order chi connectivity index (χ0) is 46.7. The zero-order valence-electron chi connectivity index (χ0n) is 35.3. The molecule has 0 bridgehead atoms. The maximum atomic E-state index is 12.6. The molecule has 0 saturated heterocycles. The van der Waals surface area contributed by atoms with Gasteiger partial charge in [0.15, 0.2) is 0 Å². The zero-order valence-corrected chi connectivity index (χ0v) is 41.9. The number of benzene rings is 6. The Labute approximate surface area is 428 Å². The fourth-order valence-electron chi connectivity index (χ4n) is 6.46. The van der Waals surface area contributed by atoms with E-state index in [-0.39, 0.29) is 85.6 Å². The second-order valence-corrected chi connectivity index (χ2v) is 16.9. The summed E-state index contributed by atoms with van der Waals surface area (Å²) in [5.41, 5.74) is 5.24. The van der Waals surface area contributed by atoms with E-state index < -0.39 is 23.8 Å². The first-order valence-corrected chi connectivity index (χ1v) is 21.7. The number of carbonyl (C=O) groups is 5. The van der Waals surface area contributed by atoms with Crippen LogP contribution in [0.3, 0.4) is 0 Å². The van der Waals surface area contributed by atoms with E-state index in [1.165, 1.54) is 0 Å². The number of amides is 4. The maximum Gasteiger partial charge on any atom is 1.00 e. The molecule has 0 spiro atoms. The minimum Gasteiger partial charge on any atom is -0.548 e. The van der Waals surface area contributed by atoms with Crippen LogP contribution in [-0.4, -0.2) is 41.7 Å². The van der Waals surface area contributed by atoms with Crippen LogP contribution in [0.1, 0.15) is 70.6 Å². The van der Waals surface area contributed by atoms with Gasteiger partial charge in [0, 0.05) is 17.4 Å². The first-order valence-electron chi connectivity index (χ1n) is 19.4. The second-order valence-electron chi connectivity index (χ2n) is 14.5. The molecule has 0 aliphatic carbocycles. The van der Waals surface area contributed by atoms with Crippen molar-refractivity contribution in [2.75, 3.05) is 10.6 Å². The topological polar surface area (TPSA) is 157 Å². The van der Waals surface area contributed by atoms with E-state index in [1.807, 2.05) is 38.1 Å². The molecule has 0 heterocycles. The van der Waals surface area contributed by atoms with Gasteiger partial charge in [-0.1, -0.05) is 130 Å². The summed E-state index contributed by atoms with van der Waals surface area (Å²) in [5, 5.41) is 24.2. The molecule has 0 fully saturated rings. The Balaban J connectivity index is 0.000000281. The molecule has 2 atom stereocenters. The van der Waals surface area contributed by atoms with E-state index >= 15 is 0 Å². The number of aliphatic carboxylic acids is 1. The standard InChI is InChI=1S/C24H19Cl3N2O4.C24H21Cl3N2O2.Na/c1-13-4-2-5-16(25)20(13)22(30)29-19(24(32)33)12-14-8-10-15(11-9-14)28-23(31)21-17(26)6-3-7-18(21)27;1-14-5-3-6-18(25)21(14)23(30)28-15(2)13-16-9-11-17(12-10-16)29-24(31)22-19(26)7-4-8-20(22)27;/h2-11,19H,12H2,1H3,(H,28,31)(H,29,30)(H,32,33);3-12,15H,13H2,1-2H3,(H,28,30)(H,29,31);/q;;+1/p-1. The molecule has 0 radical (unpaired) electrons. The quantitative estimate of drug-likeness (QED) is 0.0864. The third-order valence-corrected chi connectivity index (χ3v) is 11.5. The minimum absolute atomic E-state index is 0. The van der Waals surface area contributed by atoms with Crippen LogP contribution in [0.25, 0.3) is 0 Å². The van der Waals surface area contributed by atoms with Crippen LogP contribution in [0.4, 0.5) is 11.4 Å². The van der Waals surface area contributed by atoms with Crippen molar-refractivity contribution in [3.8, 4) is 0 Å². The van der Waals surface area contributed by atoms with E-state index in [0.717, 1.165) is 11.1 Å². The Morgan fingerprint density at radius 1 is 0.462 bits per heavy atom. The maximum absolute atomic E-state index is 12.6. The third kappa shape index (κ3) is 14.7. The second kappa shape index (κ2) is 24.8. The number of hydrogen-bond acceptors (Lipinski definition) is 6. The van der Waals surface area contributed by atoms with E-state index in [2.05, 4.69) is 21.3 Å². The summed E-state index contributed by atoms with van der Waals surface area (Å²) >= 11 is 36.6. The van der Waals surface area contributed by atoms with Crippen molar-refractivity contribution < 1.29 is 58.6 Å². The van der Waals surface area contributed by atoms with Gasteiger partial charge in [-0.2, -0.15) is 0 Å². The number of aryl methyl sites for hydroxylation is 2. The molecular formula is C48H39Cl6N4NaO6. The van der Waals surface area contributed by atoms with Crippen LogP contribution in [0.5, 0.6) is 0 Å². The molecule has 6 rings (SSSR count). The smallest absolute Gasteiger partial charge is 0.548 e. The molecule has 330 valence electrons. The van der Waals surface area contributed by atoms with Crippen molar-refractivity contribution in [3.63, 3.8) is 0 Å². The number of carbonyl (C=O) groups excluding carboxylic acids is 5. The number of carboxylic acids is 1. The fourth-order valence-corrected chi connectivity index (χ4v) is 8.22. The molecule has 6 aromatic carbocycles. The molecule has 4 N–H and O–H groups in total. The minimum atomic E-state index is -1.43. The summed E-state index contributed by atoms with van der Waals surface area (Å²) in [6.45, 7) is 5.49. The first kappa shape index (κ1) is 53.0. The summed E-state index contributed by atoms with van der Waals surface area (Å²) < 4.78 is 0. The van der Waals surface area contributed by atoms with Crippen molar-refractivity contribution in [2.45, 2.75) is 45.7 Å². The van der Waals surface area contributed by atoms with Crippen LogP contribution < -0.4 is 55.9 Å². The van der Waals surface area contributed by atoms with Crippen LogP contribution >= 0.6 is 69.6 Å². The largest absolute Gasteiger partial charge is 1.00 e. The van der Waals surface area contributed by atoms with Gasteiger partial charge >= 0.3 is 29.6 Å². The third-order valence-electron chi connectivity index (χ3n) is 9.65. The van der Waals surface area contributed by atoms with Gasteiger partial charge in [-0.3, -0.25) is 19.2 Å². The Morgan fingerprint density at radius 3 is 1.14 bits per heavy atom. The van der Waals surface area contributed by atoms with Crippen LogP contribution in [0, 0.1) is 13.8 Å². The molecule has 2 unspecified atom stereocenters. The predicted molar refractivity (Wildman–Crippen MR) is 255 cm³/mol. The summed E-state index contributed by atoms with van der Waals surface area (Å²) in [6.07, 6.45) is 0.599. The van der Waals surface area contributed by atoms with Gasteiger partial charge in [-0.15, -0.1) is 0 Å². The molecular weight excluding hydrogens is 964 g/mol. The van der Waals surface area contributed by atoms with Crippen LogP contribution in [0.2, 0.25) is 30.1 Å². The number of anilines is 2. The van der Waals surface area contributed by atoms with Gasteiger partial charge in [0.05, 0.1) is 64.4 Å². The van der Waals surface area contributed by atoms with E-state index in [0.29, 0.717) is 49.6 Å². The normalized spacial score (nSPS) is 11.4. The van der Waals surface area contributed by atoms with Gasteiger partial charge in [-0.05, 0) is 117 Å². The summed E-state index contributed by atoms with van der Waals surface area (Å²) in [6, 6.07) is 32.5. The summed E-state index contributed by atoms with van der Waals surface area (Å²) in [7, 11) is 0. The van der Waals surface area contributed by atoms with Crippen LogP contribution in [-0.2, 0) is 17.6 Å². The Bertz CT molecular complexity index is 2620. The van der Waals surface area contributed by atoms with Crippen LogP contribution in [0.15, 0.2) is 121 Å². The van der Waals surface area contributed by atoms with Gasteiger partial charge in [0.2, 0.25) is 0 Å². The van der Waals surface area contributed by atoms with Gasteiger partial charge in [-0.25, -0.2) is 0 Å². The number of halogens is 6. The molecule has 65 heavy (non-hydrogen) atoms. The number of rotatable bonds is 13. The molecule has 0 aliphatic rings. The van der Waals surface area contributed by atoms with Crippen molar-refractivity contribution in [1.82, 2.24) is 10.6 Å². The average Bonchev–Trinajstić information content (AvgIpc) is 3.22. The van der Waals surface area contributed by atoms with E-state index in [1.54, 1.807) is 104 Å². The Kier molecular flexibility index (Phi) is 20.2. The Hall–Kier alpha value is -4.59. The number of hydrogen-bond donors (Lipinski definition) is 4. The summed E-state index contributed by atoms with van der Waals surface area (Å²) in [4.78, 5) is 61.8. The van der Waals surface area contributed by atoms with E-state index in [9.17, 15) is 29.1 Å². The number of carboxylic acid groups (broad SMARTS) is 1. The fraction of sp³-hybridized carbons (Fsp3) is 0.146. The van der Waals surface area contributed by atoms with Crippen molar-refractivity contribution in [1.29, 1.82) is 0 Å². The molecule has 4 amide bonds. The van der Waals surface area contributed by atoms with Gasteiger partial charge in [0.1, 0.15) is 0 Å². The molecule has 0 aliphatic heterocycles. The predicted octanol–water partition coefficient (Wildman–Crippen LogP) is 7.87. The van der Waals surface area contributed by atoms with Gasteiger partial charge < -0.3 is 31.2 Å². The monoisotopic (exact) mass is 1000 g/mol. The molecule has 17 heteroatoms.